The molecule has 1 amide bonds. The van der Waals surface area contributed by atoms with Gasteiger partial charge in [-0.3, -0.25) is 14.5 Å². The Morgan fingerprint density at radius 3 is 2.67 bits per heavy atom. The van der Waals surface area contributed by atoms with E-state index in [1.54, 1.807) is 0 Å². The summed E-state index contributed by atoms with van der Waals surface area (Å²) in [6.45, 7) is 10.3. The van der Waals surface area contributed by atoms with Crippen LogP contribution in [0.25, 0.3) is 0 Å². The number of aliphatic carboxylic acids is 1. The number of carbonyl (C=O) groups excluding carboxylic acids is 1. The smallest absolute Gasteiger partial charge is 0.303 e. The van der Waals surface area contributed by atoms with Crippen LogP contribution in [0.1, 0.15) is 46.0 Å². The Balaban J connectivity index is 2.57. The highest BCUT2D eigenvalue weighted by molar-refractivity contribution is 5.78. The summed E-state index contributed by atoms with van der Waals surface area (Å²) < 4.78 is 0. The molecule has 0 aromatic heterocycles. The third-order valence-electron chi connectivity index (χ3n) is 3.97. The van der Waals surface area contributed by atoms with Crippen molar-refractivity contribution >= 4 is 11.9 Å². The van der Waals surface area contributed by atoms with E-state index in [1.165, 1.54) is 0 Å². The van der Waals surface area contributed by atoms with Crippen LogP contribution in [0.4, 0.5) is 0 Å². The Labute approximate surface area is 127 Å². The monoisotopic (exact) mass is 296 g/mol. The van der Waals surface area contributed by atoms with Crippen LogP contribution in [0.15, 0.2) is 12.2 Å². The number of carboxylic acids is 1. The molecule has 21 heavy (non-hydrogen) atoms. The molecule has 1 aliphatic heterocycles. The van der Waals surface area contributed by atoms with Crippen molar-refractivity contribution in [3.05, 3.63) is 12.2 Å². The second-order valence-corrected chi connectivity index (χ2v) is 5.92. The van der Waals surface area contributed by atoms with Crippen LogP contribution in [0.3, 0.4) is 0 Å². The van der Waals surface area contributed by atoms with Crippen LogP contribution < -0.4 is 0 Å². The first-order valence-electron chi connectivity index (χ1n) is 7.82. The average molecular weight is 296 g/mol. The Morgan fingerprint density at radius 1 is 1.38 bits per heavy atom. The lowest BCUT2D eigenvalue weighted by atomic mass is 9.98. The highest BCUT2D eigenvalue weighted by atomic mass is 16.4. The van der Waals surface area contributed by atoms with Crippen molar-refractivity contribution in [1.29, 1.82) is 0 Å². The van der Waals surface area contributed by atoms with Gasteiger partial charge in [-0.1, -0.05) is 18.6 Å². The number of hydrogen-bond acceptors (Lipinski definition) is 3. The van der Waals surface area contributed by atoms with Crippen LogP contribution in [0.5, 0.6) is 0 Å². The number of carbonyl (C=O) groups is 2. The zero-order valence-corrected chi connectivity index (χ0v) is 13.3. The van der Waals surface area contributed by atoms with Gasteiger partial charge in [0.05, 0.1) is 6.54 Å². The molecule has 1 N–H and O–H groups in total. The first kappa shape index (κ1) is 17.7. The highest BCUT2D eigenvalue weighted by Crippen LogP contribution is 2.21. The number of carboxylic acid groups (broad SMARTS) is 1. The molecule has 0 saturated carbocycles. The first-order chi connectivity index (χ1) is 9.93. The largest absolute Gasteiger partial charge is 0.481 e. The van der Waals surface area contributed by atoms with Crippen molar-refractivity contribution in [3.8, 4) is 0 Å². The molecular formula is C16H28N2O3. The van der Waals surface area contributed by atoms with Crippen molar-refractivity contribution in [1.82, 2.24) is 9.80 Å². The van der Waals surface area contributed by atoms with E-state index in [4.69, 9.17) is 5.11 Å². The van der Waals surface area contributed by atoms with E-state index in [0.29, 0.717) is 26.1 Å². The van der Waals surface area contributed by atoms with Gasteiger partial charge in [0.1, 0.15) is 0 Å². The van der Waals surface area contributed by atoms with E-state index in [-0.39, 0.29) is 18.4 Å². The summed E-state index contributed by atoms with van der Waals surface area (Å²) in [6.07, 6.45) is 4.02. The normalized spacial score (nSPS) is 19.2. The van der Waals surface area contributed by atoms with Crippen LogP contribution in [-0.2, 0) is 9.59 Å². The first-order valence-corrected chi connectivity index (χ1v) is 7.82. The fourth-order valence-corrected chi connectivity index (χ4v) is 2.86. The van der Waals surface area contributed by atoms with Crippen LogP contribution in [0, 0.1) is 0 Å². The molecule has 5 nitrogen and oxygen atoms in total. The SMILES string of the molecule is C=C(C)CN(CC)C(=O)CN1CCCCC1CCC(=O)O. The standard InChI is InChI=1S/C16H28N2O3/c1-4-17(11-13(2)3)15(19)12-18-10-6-5-7-14(18)8-9-16(20)21/h14H,2,4-12H2,1,3H3,(H,20,21). The zero-order valence-electron chi connectivity index (χ0n) is 13.3. The van der Waals surface area contributed by atoms with E-state index in [9.17, 15) is 9.59 Å². The number of rotatable bonds is 8. The number of nitrogens with zero attached hydrogens (tertiary/aromatic N) is 2. The number of amides is 1. The van der Waals surface area contributed by atoms with E-state index in [2.05, 4.69) is 11.5 Å². The molecule has 0 aromatic rings. The lowest BCUT2D eigenvalue weighted by molar-refractivity contribution is -0.137. The molecule has 1 rings (SSSR count). The van der Waals surface area contributed by atoms with Gasteiger partial charge in [-0.2, -0.15) is 0 Å². The summed E-state index contributed by atoms with van der Waals surface area (Å²) in [7, 11) is 0. The molecule has 1 saturated heterocycles. The van der Waals surface area contributed by atoms with Crippen molar-refractivity contribution in [2.45, 2.75) is 52.0 Å². The average Bonchev–Trinajstić information content (AvgIpc) is 2.43. The third-order valence-corrected chi connectivity index (χ3v) is 3.97. The molecule has 1 fully saturated rings. The summed E-state index contributed by atoms with van der Waals surface area (Å²) in [6, 6.07) is 0.224. The third kappa shape index (κ3) is 6.29. The highest BCUT2D eigenvalue weighted by Gasteiger charge is 2.26. The van der Waals surface area contributed by atoms with Crippen molar-refractivity contribution < 1.29 is 14.7 Å². The van der Waals surface area contributed by atoms with Gasteiger partial charge in [0.25, 0.3) is 0 Å². The van der Waals surface area contributed by atoms with E-state index < -0.39 is 5.97 Å². The van der Waals surface area contributed by atoms with Gasteiger partial charge in [-0.25, -0.2) is 0 Å². The predicted octanol–water partition coefficient (Wildman–Crippen LogP) is 2.13. The molecular weight excluding hydrogens is 268 g/mol. The molecule has 1 heterocycles. The van der Waals surface area contributed by atoms with Crippen molar-refractivity contribution in [3.63, 3.8) is 0 Å². The lowest BCUT2D eigenvalue weighted by Gasteiger charge is -2.36. The predicted molar refractivity (Wildman–Crippen MR) is 83.1 cm³/mol. The van der Waals surface area contributed by atoms with Crippen LogP contribution in [-0.4, -0.2) is 59.0 Å². The summed E-state index contributed by atoms with van der Waals surface area (Å²) in [5, 5.41) is 8.83. The summed E-state index contributed by atoms with van der Waals surface area (Å²) in [4.78, 5) is 27.1. The quantitative estimate of drug-likeness (QED) is 0.697. The number of likely N-dealkylation sites (N-methyl/N-ethyl adjacent to an activating group) is 1. The van der Waals surface area contributed by atoms with Gasteiger partial charge in [0.15, 0.2) is 0 Å². The fraction of sp³-hybridized carbons (Fsp3) is 0.750. The molecule has 0 spiro atoms. The van der Waals surface area contributed by atoms with Gasteiger partial charge in [-0.15, -0.1) is 0 Å². The minimum atomic E-state index is -0.760. The number of likely N-dealkylation sites (tertiary alicyclic amines) is 1. The van der Waals surface area contributed by atoms with Gasteiger partial charge < -0.3 is 10.0 Å². The Bertz CT molecular complexity index is 382. The van der Waals surface area contributed by atoms with Crippen molar-refractivity contribution in [2.75, 3.05) is 26.2 Å². The minimum Gasteiger partial charge on any atom is -0.481 e. The lowest BCUT2D eigenvalue weighted by Crippen LogP contribution is -2.47. The summed E-state index contributed by atoms with van der Waals surface area (Å²) in [5.74, 6) is -0.646. The van der Waals surface area contributed by atoms with Crippen molar-refractivity contribution in [2.24, 2.45) is 0 Å². The molecule has 0 aliphatic carbocycles. The maximum atomic E-state index is 12.4. The molecule has 0 aromatic carbocycles. The van der Waals surface area contributed by atoms with Gasteiger partial charge in [-0.05, 0) is 39.7 Å². The van der Waals surface area contributed by atoms with E-state index in [1.807, 2.05) is 18.7 Å². The second kappa shape index (κ2) is 8.82. The summed E-state index contributed by atoms with van der Waals surface area (Å²) in [5.41, 5.74) is 0.978. The Kier molecular flexibility index (Phi) is 7.43. The zero-order chi connectivity index (χ0) is 15.8. The summed E-state index contributed by atoms with van der Waals surface area (Å²) >= 11 is 0. The maximum absolute atomic E-state index is 12.4. The molecule has 1 atom stereocenters. The van der Waals surface area contributed by atoms with Gasteiger partial charge in [0.2, 0.25) is 5.91 Å². The fourth-order valence-electron chi connectivity index (χ4n) is 2.86. The molecule has 0 bridgehead atoms. The molecule has 1 aliphatic rings. The van der Waals surface area contributed by atoms with E-state index >= 15 is 0 Å². The Morgan fingerprint density at radius 2 is 2.10 bits per heavy atom. The molecule has 1 unspecified atom stereocenters. The van der Waals surface area contributed by atoms with Gasteiger partial charge in [0, 0.05) is 25.6 Å². The second-order valence-electron chi connectivity index (χ2n) is 5.92. The number of hydrogen-bond donors (Lipinski definition) is 1. The van der Waals surface area contributed by atoms with Gasteiger partial charge >= 0.3 is 5.97 Å². The topological polar surface area (TPSA) is 60.9 Å². The van der Waals surface area contributed by atoms with Crippen LogP contribution in [0.2, 0.25) is 0 Å². The number of piperidine rings is 1. The molecule has 120 valence electrons. The minimum absolute atomic E-state index is 0.114. The van der Waals surface area contributed by atoms with E-state index in [0.717, 1.165) is 31.4 Å². The molecule has 5 heteroatoms. The van der Waals surface area contributed by atoms with Crippen LogP contribution >= 0.6 is 0 Å². The molecule has 0 radical (unpaired) electrons. The Hall–Kier alpha value is -1.36. The maximum Gasteiger partial charge on any atom is 0.303 e.